The Hall–Kier alpha value is -1.30. The quantitative estimate of drug-likeness (QED) is 0.768. The summed E-state index contributed by atoms with van der Waals surface area (Å²) < 4.78 is 38.1. The maximum Gasteiger partial charge on any atom is 0.433 e. The molecule has 1 aromatic rings. The van der Waals surface area contributed by atoms with Gasteiger partial charge in [-0.05, 0) is 25.0 Å². The fourth-order valence-electron chi connectivity index (χ4n) is 2.84. The van der Waals surface area contributed by atoms with Crippen LogP contribution in [0.4, 0.5) is 19.0 Å². The van der Waals surface area contributed by atoms with Crippen molar-refractivity contribution in [1.29, 1.82) is 0 Å². The van der Waals surface area contributed by atoms with E-state index in [1.165, 1.54) is 0 Å². The number of alkyl halides is 3. The third-order valence-corrected chi connectivity index (χ3v) is 3.63. The second kappa shape index (κ2) is 3.85. The number of piperazine rings is 1. The Labute approximate surface area is 103 Å². The third kappa shape index (κ3) is 1.75. The van der Waals surface area contributed by atoms with Crippen molar-refractivity contribution in [3.05, 3.63) is 23.4 Å². The lowest BCUT2D eigenvalue weighted by Gasteiger charge is -2.37. The highest BCUT2D eigenvalue weighted by molar-refractivity contribution is 5.56. The van der Waals surface area contributed by atoms with Crippen molar-refractivity contribution in [2.75, 3.05) is 18.0 Å². The summed E-state index contributed by atoms with van der Waals surface area (Å²) >= 11 is 0. The number of halogens is 3. The molecule has 2 aliphatic rings. The second-order valence-electron chi connectivity index (χ2n) is 4.95. The minimum atomic E-state index is -4.37. The Morgan fingerprint density at radius 1 is 1.33 bits per heavy atom. The van der Waals surface area contributed by atoms with Crippen molar-refractivity contribution in [2.45, 2.75) is 31.6 Å². The Morgan fingerprint density at radius 3 is 2.83 bits per heavy atom. The summed E-state index contributed by atoms with van der Waals surface area (Å²) in [4.78, 5) is 5.86. The van der Waals surface area contributed by atoms with Gasteiger partial charge in [0.25, 0.3) is 0 Å². The predicted octanol–water partition coefficient (Wildman–Crippen LogP) is 1.82. The minimum Gasteiger partial charge on any atom is -0.348 e. The minimum absolute atomic E-state index is 0.181. The van der Waals surface area contributed by atoms with Crippen LogP contribution >= 0.6 is 0 Å². The third-order valence-electron chi connectivity index (χ3n) is 3.63. The van der Waals surface area contributed by atoms with Gasteiger partial charge in [0, 0.05) is 25.2 Å². The number of nitrogens with one attached hydrogen (secondary N) is 1. The first-order valence-corrected chi connectivity index (χ1v) is 6.03. The Kier molecular flexibility index (Phi) is 2.52. The summed E-state index contributed by atoms with van der Waals surface area (Å²) in [6.45, 7) is 3.60. The van der Waals surface area contributed by atoms with Crippen LogP contribution in [-0.4, -0.2) is 30.2 Å². The summed E-state index contributed by atoms with van der Waals surface area (Å²) in [7, 11) is 0. The Morgan fingerprint density at radius 2 is 2.11 bits per heavy atom. The van der Waals surface area contributed by atoms with Crippen LogP contribution in [0.5, 0.6) is 0 Å². The molecule has 2 aliphatic heterocycles. The van der Waals surface area contributed by atoms with E-state index in [4.69, 9.17) is 0 Å². The van der Waals surface area contributed by atoms with E-state index < -0.39 is 11.9 Å². The van der Waals surface area contributed by atoms with Crippen molar-refractivity contribution in [2.24, 2.45) is 0 Å². The van der Waals surface area contributed by atoms with Gasteiger partial charge in [0.1, 0.15) is 11.5 Å². The molecule has 3 rings (SSSR count). The lowest BCUT2D eigenvalue weighted by molar-refractivity contribution is -0.141. The molecule has 1 fully saturated rings. The molecule has 1 aromatic heterocycles. The van der Waals surface area contributed by atoms with Crippen LogP contribution < -0.4 is 10.2 Å². The van der Waals surface area contributed by atoms with E-state index in [0.717, 1.165) is 31.1 Å². The zero-order valence-corrected chi connectivity index (χ0v) is 9.96. The molecule has 0 saturated carbocycles. The van der Waals surface area contributed by atoms with Gasteiger partial charge in [-0.25, -0.2) is 4.98 Å². The Bertz CT molecular complexity index is 472. The number of pyridine rings is 1. The molecule has 3 nitrogen and oxygen atoms in total. The number of aromatic nitrogens is 1. The van der Waals surface area contributed by atoms with Crippen molar-refractivity contribution >= 4 is 5.82 Å². The Balaban J connectivity index is 2.02. The van der Waals surface area contributed by atoms with Crippen molar-refractivity contribution in [3.63, 3.8) is 0 Å². The zero-order chi connectivity index (χ0) is 12.9. The highest BCUT2D eigenvalue weighted by Gasteiger charge is 2.39. The number of hydrogen-bond acceptors (Lipinski definition) is 3. The maximum atomic E-state index is 12.7. The average Bonchev–Trinajstić information content (AvgIpc) is 2.66. The van der Waals surface area contributed by atoms with Gasteiger partial charge < -0.3 is 10.2 Å². The molecule has 1 saturated heterocycles. The summed E-state index contributed by atoms with van der Waals surface area (Å²) in [6, 6.07) is 3.06. The fraction of sp³-hybridized carbons (Fsp3) is 0.583. The van der Waals surface area contributed by atoms with Gasteiger partial charge in [-0.1, -0.05) is 6.07 Å². The molecule has 3 heterocycles. The van der Waals surface area contributed by atoms with E-state index in [1.807, 2.05) is 11.8 Å². The molecule has 0 amide bonds. The first-order valence-electron chi connectivity index (χ1n) is 6.03. The van der Waals surface area contributed by atoms with E-state index in [0.29, 0.717) is 5.82 Å². The van der Waals surface area contributed by atoms with Gasteiger partial charge in [0.2, 0.25) is 0 Å². The number of nitrogens with zero attached hydrogens (tertiary/aromatic N) is 2. The standard InChI is InChI=1S/C12H14F3N3/c1-7-5-16-6-9-4-8-2-3-10(12(13,14)15)17-11(8)18(7)9/h2-3,7,9,16H,4-6H2,1H3/t7-,9?/m1/s1. The molecule has 6 heteroatoms. The molecule has 1 N–H and O–H groups in total. The van der Waals surface area contributed by atoms with Crippen LogP contribution in [-0.2, 0) is 12.6 Å². The molecule has 2 atom stereocenters. The van der Waals surface area contributed by atoms with Crippen LogP contribution in [0.1, 0.15) is 18.2 Å². The zero-order valence-electron chi connectivity index (χ0n) is 9.96. The van der Waals surface area contributed by atoms with Crippen LogP contribution in [0, 0.1) is 0 Å². The number of hydrogen-bond donors (Lipinski definition) is 1. The van der Waals surface area contributed by atoms with Crippen molar-refractivity contribution < 1.29 is 13.2 Å². The van der Waals surface area contributed by atoms with Crippen molar-refractivity contribution in [1.82, 2.24) is 10.3 Å². The van der Waals surface area contributed by atoms with Crippen LogP contribution in [0.2, 0.25) is 0 Å². The molecule has 1 unspecified atom stereocenters. The molecular formula is C12H14F3N3. The molecular weight excluding hydrogens is 243 g/mol. The summed E-state index contributed by atoms with van der Waals surface area (Å²) in [5, 5.41) is 3.29. The highest BCUT2D eigenvalue weighted by Crippen LogP contribution is 2.36. The lowest BCUT2D eigenvalue weighted by atomic mass is 10.1. The summed E-state index contributed by atoms with van der Waals surface area (Å²) in [5.41, 5.74) is 0.121. The fourth-order valence-corrected chi connectivity index (χ4v) is 2.84. The molecule has 0 aromatic carbocycles. The molecule has 0 radical (unpaired) electrons. The topological polar surface area (TPSA) is 28.2 Å². The van der Waals surface area contributed by atoms with Gasteiger partial charge in [0.15, 0.2) is 0 Å². The normalized spacial score (nSPS) is 27.0. The van der Waals surface area contributed by atoms with E-state index >= 15 is 0 Å². The molecule has 98 valence electrons. The number of anilines is 1. The van der Waals surface area contributed by atoms with Crippen LogP contribution in [0.15, 0.2) is 12.1 Å². The second-order valence-corrected chi connectivity index (χ2v) is 4.95. The van der Waals surface area contributed by atoms with E-state index in [-0.39, 0.29) is 12.1 Å². The van der Waals surface area contributed by atoms with Gasteiger partial charge in [-0.15, -0.1) is 0 Å². The van der Waals surface area contributed by atoms with Crippen LogP contribution in [0.25, 0.3) is 0 Å². The molecule has 0 spiro atoms. The largest absolute Gasteiger partial charge is 0.433 e. The number of fused-ring (bicyclic) bond motifs is 3. The lowest BCUT2D eigenvalue weighted by Crippen LogP contribution is -2.55. The average molecular weight is 257 g/mol. The molecule has 0 bridgehead atoms. The van der Waals surface area contributed by atoms with Crippen LogP contribution in [0.3, 0.4) is 0 Å². The van der Waals surface area contributed by atoms with E-state index in [2.05, 4.69) is 10.3 Å². The van der Waals surface area contributed by atoms with Gasteiger partial charge in [-0.2, -0.15) is 13.2 Å². The van der Waals surface area contributed by atoms with Gasteiger partial charge >= 0.3 is 6.18 Å². The monoisotopic (exact) mass is 257 g/mol. The summed E-state index contributed by atoms with van der Waals surface area (Å²) in [6.07, 6.45) is -3.60. The smallest absolute Gasteiger partial charge is 0.348 e. The van der Waals surface area contributed by atoms with E-state index in [9.17, 15) is 13.2 Å². The highest BCUT2D eigenvalue weighted by atomic mass is 19.4. The SMILES string of the molecule is C[C@@H]1CNCC2Cc3ccc(C(F)(F)F)nc3N21. The maximum absolute atomic E-state index is 12.7. The van der Waals surface area contributed by atoms with Crippen molar-refractivity contribution in [3.8, 4) is 0 Å². The van der Waals surface area contributed by atoms with Gasteiger partial charge in [-0.3, -0.25) is 0 Å². The van der Waals surface area contributed by atoms with Gasteiger partial charge in [0.05, 0.1) is 0 Å². The molecule has 0 aliphatic carbocycles. The predicted molar refractivity (Wildman–Crippen MR) is 61.5 cm³/mol. The number of rotatable bonds is 0. The van der Waals surface area contributed by atoms with E-state index in [1.54, 1.807) is 6.07 Å². The summed E-state index contributed by atoms with van der Waals surface area (Å²) in [5.74, 6) is 0.517. The first kappa shape index (κ1) is 11.8. The first-order chi connectivity index (χ1) is 8.47. The molecule has 18 heavy (non-hydrogen) atoms.